The number of barbiturate groups is 1. The number of aryl methyl sites for hydroxylation is 1. The Morgan fingerprint density at radius 3 is 2.79 bits per heavy atom. The van der Waals surface area contributed by atoms with Crippen molar-refractivity contribution in [2.75, 3.05) is 0 Å². The number of carbonyl (C=O) groups excluding carboxylic acids is 3. The highest BCUT2D eigenvalue weighted by Crippen LogP contribution is 2.27. The summed E-state index contributed by atoms with van der Waals surface area (Å²) in [5.74, 6) is -2.36. The van der Waals surface area contributed by atoms with Gasteiger partial charge in [-0.1, -0.05) is 6.92 Å². The van der Waals surface area contributed by atoms with Crippen molar-refractivity contribution in [1.82, 2.24) is 15.2 Å². The topological polar surface area (TPSA) is 79.4 Å². The molecule has 8 heteroatoms. The third-order valence-electron chi connectivity index (χ3n) is 2.80. The van der Waals surface area contributed by atoms with Crippen LogP contribution < -0.4 is 5.32 Å². The minimum absolute atomic E-state index is 0.530. The Labute approximate surface area is 112 Å². The highest BCUT2D eigenvalue weighted by atomic mass is 32.1. The van der Waals surface area contributed by atoms with Gasteiger partial charge >= 0.3 is 6.03 Å². The van der Waals surface area contributed by atoms with Gasteiger partial charge in [-0.05, 0) is 13.3 Å². The first-order valence-electron chi connectivity index (χ1n) is 5.72. The molecule has 1 aromatic heterocycles. The van der Waals surface area contributed by atoms with Crippen LogP contribution in [-0.4, -0.2) is 33.9 Å². The summed E-state index contributed by atoms with van der Waals surface area (Å²) < 4.78 is 13.4. The molecule has 0 radical (unpaired) electrons. The van der Waals surface area contributed by atoms with Crippen molar-refractivity contribution in [3.05, 3.63) is 16.1 Å². The van der Waals surface area contributed by atoms with Crippen molar-refractivity contribution in [3.63, 3.8) is 0 Å². The minimum Gasteiger partial charge on any atom is -0.275 e. The summed E-state index contributed by atoms with van der Waals surface area (Å²) in [6, 6.07) is -1.62. The first-order valence-corrected chi connectivity index (χ1v) is 6.54. The van der Waals surface area contributed by atoms with Gasteiger partial charge in [-0.15, -0.1) is 11.3 Å². The molecule has 1 aliphatic heterocycles. The van der Waals surface area contributed by atoms with Gasteiger partial charge in [-0.25, -0.2) is 14.2 Å². The molecular formula is C11H12FN3O3S. The first kappa shape index (κ1) is 13.6. The van der Waals surface area contributed by atoms with Crippen LogP contribution in [-0.2, 0) is 16.0 Å². The van der Waals surface area contributed by atoms with E-state index in [-0.39, 0.29) is 0 Å². The van der Waals surface area contributed by atoms with Gasteiger partial charge in [0, 0.05) is 11.1 Å². The van der Waals surface area contributed by atoms with Gasteiger partial charge in [0.05, 0.1) is 6.04 Å². The summed E-state index contributed by atoms with van der Waals surface area (Å²) in [4.78, 5) is 40.1. The van der Waals surface area contributed by atoms with Gasteiger partial charge in [0.1, 0.15) is 5.01 Å². The number of halogens is 1. The normalized spacial score (nSPS) is 21.5. The van der Waals surface area contributed by atoms with E-state index in [9.17, 15) is 18.8 Å². The van der Waals surface area contributed by atoms with E-state index in [1.54, 1.807) is 13.1 Å². The van der Waals surface area contributed by atoms with E-state index in [0.29, 0.717) is 9.91 Å². The van der Waals surface area contributed by atoms with Crippen molar-refractivity contribution < 1.29 is 18.8 Å². The monoisotopic (exact) mass is 285 g/mol. The summed E-state index contributed by atoms with van der Waals surface area (Å²) in [7, 11) is 0. The lowest BCUT2D eigenvalue weighted by atomic mass is 10.2. The summed E-state index contributed by atoms with van der Waals surface area (Å²) in [5.41, 5.74) is 0. The fourth-order valence-corrected chi connectivity index (χ4v) is 2.62. The molecule has 1 aromatic rings. The largest absolute Gasteiger partial charge is 0.331 e. The molecule has 1 saturated heterocycles. The molecule has 1 aliphatic rings. The Bertz CT molecular complexity index is 545. The van der Waals surface area contributed by atoms with Gasteiger partial charge < -0.3 is 0 Å². The van der Waals surface area contributed by atoms with E-state index in [4.69, 9.17) is 0 Å². The molecule has 0 aromatic carbocycles. The van der Waals surface area contributed by atoms with Crippen LogP contribution in [0.5, 0.6) is 0 Å². The zero-order valence-electron chi connectivity index (χ0n) is 10.3. The number of aromatic nitrogens is 1. The lowest BCUT2D eigenvalue weighted by molar-refractivity contribution is -0.145. The van der Waals surface area contributed by atoms with Gasteiger partial charge in [0.25, 0.3) is 18.0 Å². The molecule has 0 bridgehead atoms. The third-order valence-corrected chi connectivity index (χ3v) is 4.11. The molecule has 1 N–H and O–H groups in total. The van der Waals surface area contributed by atoms with E-state index < -0.39 is 30.1 Å². The first-order chi connectivity index (χ1) is 8.95. The fraction of sp³-hybridized carbons (Fsp3) is 0.455. The Kier molecular flexibility index (Phi) is 3.61. The quantitative estimate of drug-likeness (QED) is 0.846. The van der Waals surface area contributed by atoms with Crippen LogP contribution in [0.4, 0.5) is 9.18 Å². The highest BCUT2D eigenvalue weighted by molar-refractivity contribution is 7.11. The van der Waals surface area contributed by atoms with Crippen LogP contribution in [0.15, 0.2) is 6.20 Å². The van der Waals surface area contributed by atoms with E-state index in [2.05, 4.69) is 4.98 Å². The number of nitrogens with one attached hydrogen (secondary N) is 1. The molecule has 4 amide bonds. The predicted molar refractivity (Wildman–Crippen MR) is 65.2 cm³/mol. The molecule has 0 aliphatic carbocycles. The number of hydrogen-bond donors (Lipinski definition) is 1. The average molecular weight is 285 g/mol. The Balaban J connectivity index is 2.26. The smallest absolute Gasteiger partial charge is 0.275 e. The Morgan fingerprint density at radius 1 is 1.53 bits per heavy atom. The molecule has 2 unspecified atom stereocenters. The number of carbonyl (C=O) groups is 3. The zero-order valence-corrected chi connectivity index (χ0v) is 11.2. The van der Waals surface area contributed by atoms with E-state index in [1.807, 2.05) is 12.2 Å². The summed E-state index contributed by atoms with van der Waals surface area (Å²) >= 11 is 1.35. The number of amides is 4. The summed E-state index contributed by atoms with van der Waals surface area (Å²) in [5, 5.41) is 2.34. The molecule has 19 heavy (non-hydrogen) atoms. The van der Waals surface area contributed by atoms with E-state index in [0.717, 1.165) is 11.3 Å². The second-order valence-corrected chi connectivity index (χ2v) is 5.21. The molecule has 1 fully saturated rings. The number of thiazole rings is 1. The number of nitrogens with zero attached hydrogens (tertiary/aromatic N) is 2. The van der Waals surface area contributed by atoms with Crippen LogP contribution in [0, 0.1) is 0 Å². The van der Waals surface area contributed by atoms with Gasteiger partial charge in [0.2, 0.25) is 0 Å². The van der Waals surface area contributed by atoms with Crippen LogP contribution in [0.2, 0.25) is 0 Å². The van der Waals surface area contributed by atoms with Gasteiger partial charge in [0.15, 0.2) is 0 Å². The van der Waals surface area contributed by atoms with Crippen LogP contribution in [0.3, 0.4) is 0 Å². The second-order valence-electron chi connectivity index (χ2n) is 4.06. The lowest BCUT2D eigenvalue weighted by Crippen LogP contribution is -2.59. The van der Waals surface area contributed by atoms with Gasteiger partial charge in [-0.3, -0.25) is 19.8 Å². The van der Waals surface area contributed by atoms with E-state index in [1.165, 1.54) is 11.3 Å². The Morgan fingerprint density at radius 2 is 2.21 bits per heavy atom. The van der Waals surface area contributed by atoms with Crippen molar-refractivity contribution >= 4 is 29.2 Å². The van der Waals surface area contributed by atoms with Crippen molar-refractivity contribution in [2.45, 2.75) is 32.5 Å². The zero-order chi connectivity index (χ0) is 14.2. The molecule has 2 atom stereocenters. The maximum absolute atomic E-state index is 13.4. The number of imide groups is 2. The van der Waals surface area contributed by atoms with Crippen LogP contribution in [0.25, 0.3) is 0 Å². The number of hydrogen-bond acceptors (Lipinski definition) is 5. The Hall–Kier alpha value is -1.83. The standard InChI is InChI=1S/C11H12FN3O3S/c1-3-6-4-13-9(19-6)5(2)15-10(17)7(12)8(16)14-11(15)18/h4-5,7H,3H2,1-2H3,(H,14,16,18). The molecular weight excluding hydrogens is 273 g/mol. The predicted octanol–water partition coefficient (Wildman–Crippen LogP) is 1.18. The highest BCUT2D eigenvalue weighted by Gasteiger charge is 2.43. The summed E-state index contributed by atoms with van der Waals surface area (Å²) in [6.45, 7) is 3.52. The number of alkyl halides is 1. The van der Waals surface area contributed by atoms with Crippen LogP contribution >= 0.6 is 11.3 Å². The number of rotatable bonds is 3. The lowest BCUT2D eigenvalue weighted by Gasteiger charge is -2.30. The van der Waals surface area contributed by atoms with Crippen molar-refractivity contribution in [2.24, 2.45) is 0 Å². The third kappa shape index (κ3) is 2.35. The molecule has 2 rings (SSSR count). The van der Waals surface area contributed by atoms with E-state index >= 15 is 0 Å². The van der Waals surface area contributed by atoms with Crippen molar-refractivity contribution in [1.29, 1.82) is 0 Å². The maximum atomic E-state index is 13.4. The molecule has 0 saturated carbocycles. The number of urea groups is 1. The molecule has 6 nitrogen and oxygen atoms in total. The molecule has 102 valence electrons. The average Bonchev–Trinajstić information content (AvgIpc) is 2.84. The molecule has 0 spiro atoms. The van der Waals surface area contributed by atoms with Crippen molar-refractivity contribution in [3.8, 4) is 0 Å². The maximum Gasteiger partial charge on any atom is 0.331 e. The van der Waals surface area contributed by atoms with Crippen LogP contribution in [0.1, 0.15) is 29.8 Å². The molecule has 2 heterocycles. The van der Waals surface area contributed by atoms with Gasteiger partial charge in [-0.2, -0.15) is 0 Å². The SMILES string of the molecule is CCc1cnc(C(C)N2C(=O)NC(=O)C(F)C2=O)s1. The summed E-state index contributed by atoms with van der Waals surface area (Å²) in [6.07, 6.45) is 0.0982. The fourth-order valence-electron chi connectivity index (χ4n) is 1.72. The second kappa shape index (κ2) is 5.04. The minimum atomic E-state index is -2.34.